The largest absolute Gasteiger partial charge is 0.494 e. The molecule has 1 atom stereocenters. The molecule has 0 aliphatic carbocycles. The van der Waals surface area contributed by atoms with Crippen molar-refractivity contribution in [2.45, 2.75) is 25.6 Å². The van der Waals surface area contributed by atoms with Gasteiger partial charge in [-0.2, -0.15) is 13.2 Å². The van der Waals surface area contributed by atoms with E-state index in [4.69, 9.17) is 10.6 Å². The molecule has 6 heteroatoms. The molecule has 0 spiro atoms. The minimum Gasteiger partial charge on any atom is -0.494 e. The van der Waals surface area contributed by atoms with Gasteiger partial charge >= 0.3 is 6.18 Å². The van der Waals surface area contributed by atoms with Crippen LogP contribution in [-0.2, 0) is 6.18 Å². The SMILES string of the molecule is Cc1cccc(C(CCOc2ccc(C(F)(F)F)cc2)N(C)N)c1. The Bertz CT molecular complexity index is 654. The molecule has 2 aromatic carbocycles. The van der Waals surface area contributed by atoms with E-state index in [0.717, 1.165) is 23.3 Å². The molecule has 24 heavy (non-hydrogen) atoms. The van der Waals surface area contributed by atoms with Crippen LogP contribution in [0.3, 0.4) is 0 Å². The fourth-order valence-electron chi connectivity index (χ4n) is 2.51. The number of aryl methyl sites for hydroxylation is 1. The quantitative estimate of drug-likeness (QED) is 0.629. The Labute approximate surface area is 139 Å². The van der Waals surface area contributed by atoms with E-state index in [1.807, 2.05) is 25.1 Å². The van der Waals surface area contributed by atoms with Crippen molar-refractivity contribution in [2.75, 3.05) is 13.7 Å². The van der Waals surface area contributed by atoms with Crippen LogP contribution >= 0.6 is 0 Å². The number of alkyl halides is 3. The predicted octanol–water partition coefficient (Wildman–Crippen LogP) is 4.33. The maximum Gasteiger partial charge on any atom is 0.416 e. The molecule has 3 nitrogen and oxygen atoms in total. The van der Waals surface area contributed by atoms with Crippen LogP contribution < -0.4 is 10.6 Å². The van der Waals surface area contributed by atoms with E-state index < -0.39 is 11.7 Å². The summed E-state index contributed by atoms with van der Waals surface area (Å²) in [5.41, 5.74) is 1.54. The van der Waals surface area contributed by atoms with Crippen molar-refractivity contribution in [2.24, 2.45) is 5.84 Å². The third kappa shape index (κ3) is 4.97. The van der Waals surface area contributed by atoms with E-state index in [1.54, 1.807) is 12.1 Å². The van der Waals surface area contributed by atoms with Gasteiger partial charge in [-0.15, -0.1) is 0 Å². The van der Waals surface area contributed by atoms with Gasteiger partial charge in [0.05, 0.1) is 18.2 Å². The van der Waals surface area contributed by atoms with E-state index in [1.165, 1.54) is 12.1 Å². The van der Waals surface area contributed by atoms with Gasteiger partial charge in [-0.25, -0.2) is 5.01 Å². The van der Waals surface area contributed by atoms with E-state index in [0.29, 0.717) is 18.8 Å². The molecule has 0 radical (unpaired) electrons. The monoisotopic (exact) mass is 338 g/mol. The summed E-state index contributed by atoms with van der Waals surface area (Å²) in [6, 6.07) is 12.7. The van der Waals surface area contributed by atoms with Crippen molar-refractivity contribution in [1.29, 1.82) is 0 Å². The van der Waals surface area contributed by atoms with E-state index in [-0.39, 0.29) is 6.04 Å². The van der Waals surface area contributed by atoms with Crippen molar-refractivity contribution in [3.63, 3.8) is 0 Å². The highest BCUT2D eigenvalue weighted by atomic mass is 19.4. The van der Waals surface area contributed by atoms with E-state index in [2.05, 4.69) is 6.07 Å². The number of nitrogens with zero attached hydrogens (tertiary/aromatic N) is 1. The highest BCUT2D eigenvalue weighted by molar-refractivity contribution is 5.29. The summed E-state index contributed by atoms with van der Waals surface area (Å²) in [5, 5.41) is 1.62. The van der Waals surface area contributed by atoms with Crippen molar-refractivity contribution >= 4 is 0 Å². The van der Waals surface area contributed by atoms with Gasteiger partial charge in [0.2, 0.25) is 0 Å². The molecule has 0 amide bonds. The number of hydrazine groups is 1. The van der Waals surface area contributed by atoms with Crippen LogP contribution in [0.25, 0.3) is 0 Å². The molecule has 2 rings (SSSR count). The highest BCUT2D eigenvalue weighted by Gasteiger charge is 2.30. The Balaban J connectivity index is 1.96. The summed E-state index contributed by atoms with van der Waals surface area (Å²) in [4.78, 5) is 0. The van der Waals surface area contributed by atoms with Gasteiger partial charge in [0.25, 0.3) is 0 Å². The molecule has 0 aliphatic rings. The lowest BCUT2D eigenvalue weighted by Gasteiger charge is -2.24. The molecule has 0 fully saturated rings. The standard InChI is InChI=1S/C18H21F3N2O/c1-13-4-3-5-14(12-13)17(23(2)22)10-11-24-16-8-6-15(7-9-16)18(19,20)21/h3-9,12,17H,10-11,22H2,1-2H3. The number of halogens is 3. The Hall–Kier alpha value is -2.05. The average molecular weight is 338 g/mol. The van der Waals surface area contributed by atoms with Crippen molar-refractivity contribution < 1.29 is 17.9 Å². The molecule has 0 heterocycles. The Morgan fingerprint density at radius 2 is 1.79 bits per heavy atom. The van der Waals surface area contributed by atoms with Gasteiger partial charge in [0.1, 0.15) is 5.75 Å². The second kappa shape index (κ2) is 7.68. The first-order valence-electron chi connectivity index (χ1n) is 7.61. The summed E-state index contributed by atoms with van der Waals surface area (Å²) >= 11 is 0. The van der Waals surface area contributed by atoms with Crippen LogP contribution in [0.1, 0.15) is 29.2 Å². The zero-order valence-corrected chi connectivity index (χ0v) is 13.7. The number of rotatable bonds is 6. The second-order valence-electron chi connectivity index (χ2n) is 5.75. The molecule has 2 aromatic rings. The lowest BCUT2D eigenvalue weighted by molar-refractivity contribution is -0.137. The molecule has 1 unspecified atom stereocenters. The van der Waals surface area contributed by atoms with Gasteiger partial charge in [-0.05, 0) is 36.8 Å². The molecule has 130 valence electrons. The number of ether oxygens (including phenoxy) is 1. The Morgan fingerprint density at radius 1 is 1.12 bits per heavy atom. The average Bonchev–Trinajstić information content (AvgIpc) is 2.50. The van der Waals surface area contributed by atoms with Crippen molar-refractivity contribution in [3.8, 4) is 5.75 Å². The van der Waals surface area contributed by atoms with E-state index in [9.17, 15) is 13.2 Å². The molecule has 0 aliphatic heterocycles. The fraction of sp³-hybridized carbons (Fsp3) is 0.333. The van der Waals surface area contributed by atoms with Gasteiger partial charge in [-0.3, -0.25) is 5.84 Å². The highest BCUT2D eigenvalue weighted by Crippen LogP contribution is 2.30. The Morgan fingerprint density at radius 3 is 2.33 bits per heavy atom. The van der Waals surface area contributed by atoms with Gasteiger partial charge < -0.3 is 4.74 Å². The smallest absolute Gasteiger partial charge is 0.416 e. The van der Waals surface area contributed by atoms with Gasteiger partial charge in [0.15, 0.2) is 0 Å². The summed E-state index contributed by atoms with van der Waals surface area (Å²) in [5.74, 6) is 6.33. The summed E-state index contributed by atoms with van der Waals surface area (Å²) in [7, 11) is 1.78. The fourth-order valence-corrected chi connectivity index (χ4v) is 2.51. The van der Waals surface area contributed by atoms with Crippen LogP contribution in [0.2, 0.25) is 0 Å². The molecule has 2 N–H and O–H groups in total. The molecular formula is C18H21F3N2O. The topological polar surface area (TPSA) is 38.5 Å². The van der Waals surface area contributed by atoms with Crippen LogP contribution in [0.4, 0.5) is 13.2 Å². The first kappa shape index (κ1) is 18.3. The third-order valence-electron chi connectivity index (χ3n) is 3.76. The van der Waals surface area contributed by atoms with Crippen molar-refractivity contribution in [1.82, 2.24) is 5.01 Å². The Kier molecular flexibility index (Phi) is 5.85. The lowest BCUT2D eigenvalue weighted by Crippen LogP contribution is -2.32. The van der Waals surface area contributed by atoms with Crippen LogP contribution in [0.5, 0.6) is 5.75 Å². The van der Waals surface area contributed by atoms with Gasteiger partial charge in [0, 0.05) is 13.5 Å². The third-order valence-corrected chi connectivity index (χ3v) is 3.76. The number of benzene rings is 2. The summed E-state index contributed by atoms with van der Waals surface area (Å²) < 4.78 is 43.1. The molecule has 0 bridgehead atoms. The first-order valence-corrected chi connectivity index (χ1v) is 7.61. The first-order chi connectivity index (χ1) is 11.3. The maximum absolute atomic E-state index is 12.5. The minimum atomic E-state index is -4.34. The molecule has 0 saturated carbocycles. The normalized spacial score (nSPS) is 13.1. The zero-order valence-electron chi connectivity index (χ0n) is 13.7. The minimum absolute atomic E-state index is 0.0284. The molecule has 0 aromatic heterocycles. The lowest BCUT2D eigenvalue weighted by atomic mass is 10.0. The molecular weight excluding hydrogens is 317 g/mol. The van der Waals surface area contributed by atoms with Crippen LogP contribution in [0, 0.1) is 6.92 Å². The number of nitrogens with two attached hydrogens (primary N) is 1. The number of hydrogen-bond acceptors (Lipinski definition) is 3. The summed E-state index contributed by atoms with van der Waals surface area (Å²) in [6.45, 7) is 2.36. The number of hydrogen-bond donors (Lipinski definition) is 1. The summed E-state index contributed by atoms with van der Waals surface area (Å²) in [6.07, 6.45) is -3.71. The van der Waals surface area contributed by atoms with Gasteiger partial charge in [-0.1, -0.05) is 29.8 Å². The van der Waals surface area contributed by atoms with Crippen LogP contribution in [0.15, 0.2) is 48.5 Å². The maximum atomic E-state index is 12.5. The molecule has 0 saturated heterocycles. The zero-order chi connectivity index (χ0) is 17.7. The predicted molar refractivity (Wildman–Crippen MR) is 87.4 cm³/mol. The van der Waals surface area contributed by atoms with Crippen LogP contribution in [-0.4, -0.2) is 18.7 Å². The second-order valence-corrected chi connectivity index (χ2v) is 5.75. The van der Waals surface area contributed by atoms with E-state index >= 15 is 0 Å². The van der Waals surface area contributed by atoms with Crippen molar-refractivity contribution in [3.05, 3.63) is 65.2 Å².